The van der Waals surface area contributed by atoms with E-state index in [1.807, 2.05) is 5.32 Å². The van der Waals surface area contributed by atoms with Crippen LogP contribution in [0.4, 0.5) is 13.2 Å². The number of nitrogens with one attached hydrogen (secondary N) is 1. The molecule has 1 fully saturated rings. The number of ether oxygens (including phenoxy) is 1. The van der Waals surface area contributed by atoms with Gasteiger partial charge in [0.1, 0.15) is 0 Å². The van der Waals surface area contributed by atoms with Gasteiger partial charge in [-0.15, -0.1) is 0 Å². The van der Waals surface area contributed by atoms with Crippen molar-refractivity contribution >= 4 is 5.91 Å². The largest absolute Gasteiger partial charge is 0.471 e. The van der Waals surface area contributed by atoms with Gasteiger partial charge in [-0.3, -0.25) is 4.79 Å². The molecule has 6 heteroatoms. The third kappa shape index (κ3) is 2.87. The minimum Gasteiger partial charge on any atom is -0.381 e. The van der Waals surface area contributed by atoms with Crippen molar-refractivity contribution in [3.05, 3.63) is 0 Å². The average molecular weight is 211 g/mol. The summed E-state index contributed by atoms with van der Waals surface area (Å²) in [5.74, 6) is -1.87. The van der Waals surface area contributed by atoms with Crippen molar-refractivity contribution in [1.82, 2.24) is 5.32 Å². The van der Waals surface area contributed by atoms with Crippen LogP contribution in [0.25, 0.3) is 0 Å². The van der Waals surface area contributed by atoms with Crippen molar-refractivity contribution in [2.24, 2.45) is 0 Å². The predicted molar refractivity (Wildman–Crippen MR) is 42.7 cm³/mol. The molecule has 1 saturated heterocycles. The Balaban J connectivity index is 2.54. The molecule has 1 aliphatic heterocycles. The molecular formula is C8H12F3NO2. The molecule has 82 valence electrons. The van der Waals surface area contributed by atoms with Crippen LogP contribution in [0.3, 0.4) is 0 Å². The summed E-state index contributed by atoms with van der Waals surface area (Å²) < 4.78 is 40.8. The lowest BCUT2D eigenvalue weighted by Gasteiger charge is -2.34. The Labute approximate surface area is 79.6 Å². The highest BCUT2D eigenvalue weighted by atomic mass is 19.4. The van der Waals surface area contributed by atoms with Gasteiger partial charge < -0.3 is 10.1 Å². The van der Waals surface area contributed by atoms with Crippen LogP contribution in [0.15, 0.2) is 0 Å². The fraction of sp³-hybridized carbons (Fsp3) is 0.875. The number of halogens is 3. The second kappa shape index (κ2) is 3.76. The Hall–Kier alpha value is -0.780. The molecule has 0 aromatic heterocycles. The van der Waals surface area contributed by atoms with E-state index >= 15 is 0 Å². The second-order valence-corrected chi connectivity index (χ2v) is 3.62. The first-order chi connectivity index (χ1) is 6.33. The standard InChI is InChI=1S/C8H12F3NO2/c1-7(2-4-14-5-3-7)12-6(13)8(9,10)11/h2-5H2,1H3,(H,12,13). The van der Waals surface area contributed by atoms with E-state index in [9.17, 15) is 18.0 Å². The fourth-order valence-electron chi connectivity index (χ4n) is 1.29. The van der Waals surface area contributed by atoms with Gasteiger partial charge >= 0.3 is 12.1 Å². The maximum Gasteiger partial charge on any atom is 0.471 e. The maximum atomic E-state index is 11.9. The quantitative estimate of drug-likeness (QED) is 0.708. The van der Waals surface area contributed by atoms with Gasteiger partial charge in [0.25, 0.3) is 0 Å². The van der Waals surface area contributed by atoms with E-state index in [4.69, 9.17) is 4.74 Å². The van der Waals surface area contributed by atoms with Crippen LogP contribution >= 0.6 is 0 Å². The summed E-state index contributed by atoms with van der Waals surface area (Å²) in [6.45, 7) is 2.36. The smallest absolute Gasteiger partial charge is 0.381 e. The molecule has 1 aliphatic rings. The van der Waals surface area contributed by atoms with Crippen LogP contribution in [-0.4, -0.2) is 30.8 Å². The first-order valence-corrected chi connectivity index (χ1v) is 4.31. The van der Waals surface area contributed by atoms with E-state index in [0.717, 1.165) is 0 Å². The Morgan fingerprint density at radius 3 is 2.29 bits per heavy atom. The molecule has 14 heavy (non-hydrogen) atoms. The molecule has 0 spiro atoms. The van der Waals surface area contributed by atoms with Crippen molar-refractivity contribution in [3.63, 3.8) is 0 Å². The lowest BCUT2D eigenvalue weighted by atomic mass is 9.92. The summed E-state index contributed by atoms with van der Waals surface area (Å²) in [6.07, 6.45) is -3.98. The zero-order chi connectivity index (χ0) is 10.8. The van der Waals surface area contributed by atoms with Crippen LogP contribution in [0.1, 0.15) is 19.8 Å². The Morgan fingerprint density at radius 2 is 1.86 bits per heavy atom. The summed E-state index contributed by atoms with van der Waals surface area (Å²) in [7, 11) is 0. The number of amides is 1. The molecule has 3 nitrogen and oxygen atoms in total. The minimum absolute atomic E-state index is 0.384. The Kier molecular flexibility index (Phi) is 3.04. The van der Waals surface area contributed by atoms with E-state index < -0.39 is 17.6 Å². The molecule has 0 saturated carbocycles. The van der Waals surface area contributed by atoms with Gasteiger partial charge in [0.05, 0.1) is 0 Å². The van der Waals surface area contributed by atoms with Crippen LogP contribution in [-0.2, 0) is 9.53 Å². The summed E-state index contributed by atoms with van der Waals surface area (Å²) in [4.78, 5) is 10.7. The second-order valence-electron chi connectivity index (χ2n) is 3.62. The molecule has 0 unspecified atom stereocenters. The third-order valence-corrected chi connectivity index (χ3v) is 2.27. The minimum atomic E-state index is -4.80. The summed E-state index contributed by atoms with van der Waals surface area (Å²) in [5, 5.41) is 1.99. The van der Waals surface area contributed by atoms with Gasteiger partial charge in [-0.25, -0.2) is 0 Å². The highest BCUT2D eigenvalue weighted by Gasteiger charge is 2.42. The summed E-state index contributed by atoms with van der Waals surface area (Å²) in [5.41, 5.74) is -0.787. The van der Waals surface area contributed by atoms with E-state index in [1.54, 1.807) is 6.92 Å². The molecule has 1 amide bonds. The van der Waals surface area contributed by atoms with Crippen LogP contribution in [0, 0.1) is 0 Å². The monoisotopic (exact) mass is 211 g/mol. The maximum absolute atomic E-state index is 11.9. The lowest BCUT2D eigenvalue weighted by molar-refractivity contribution is -0.176. The number of carbonyl (C=O) groups is 1. The molecule has 0 aliphatic carbocycles. The van der Waals surface area contributed by atoms with Crippen LogP contribution in [0.2, 0.25) is 0 Å². The van der Waals surface area contributed by atoms with Gasteiger partial charge in [-0.05, 0) is 19.8 Å². The van der Waals surface area contributed by atoms with Crippen molar-refractivity contribution in [2.75, 3.05) is 13.2 Å². The Bertz CT molecular complexity index is 221. The topological polar surface area (TPSA) is 38.3 Å². The highest BCUT2D eigenvalue weighted by molar-refractivity contribution is 5.82. The first-order valence-electron chi connectivity index (χ1n) is 4.31. The zero-order valence-electron chi connectivity index (χ0n) is 7.78. The van der Waals surface area contributed by atoms with Gasteiger partial charge in [0.15, 0.2) is 0 Å². The number of carbonyl (C=O) groups excluding carboxylic acids is 1. The molecule has 1 N–H and O–H groups in total. The van der Waals surface area contributed by atoms with Crippen molar-refractivity contribution in [2.45, 2.75) is 31.5 Å². The molecule has 0 radical (unpaired) electrons. The Morgan fingerprint density at radius 1 is 1.36 bits per heavy atom. The van der Waals surface area contributed by atoms with Crippen LogP contribution < -0.4 is 5.32 Å². The predicted octanol–water partition coefficient (Wildman–Crippen LogP) is 1.23. The van der Waals surface area contributed by atoms with E-state index in [1.165, 1.54) is 0 Å². The summed E-state index contributed by atoms with van der Waals surface area (Å²) >= 11 is 0. The molecule has 0 atom stereocenters. The van der Waals surface area contributed by atoms with Crippen molar-refractivity contribution in [3.8, 4) is 0 Å². The van der Waals surface area contributed by atoms with Crippen molar-refractivity contribution in [1.29, 1.82) is 0 Å². The number of hydrogen-bond acceptors (Lipinski definition) is 2. The number of alkyl halides is 3. The molecule has 1 rings (SSSR count). The van der Waals surface area contributed by atoms with Crippen LogP contribution in [0.5, 0.6) is 0 Å². The highest BCUT2D eigenvalue weighted by Crippen LogP contribution is 2.22. The molecule has 0 bridgehead atoms. The van der Waals surface area contributed by atoms with Gasteiger partial charge in [-0.1, -0.05) is 0 Å². The van der Waals surface area contributed by atoms with E-state index in [-0.39, 0.29) is 0 Å². The average Bonchev–Trinajstić information content (AvgIpc) is 2.02. The first kappa shape index (κ1) is 11.3. The van der Waals surface area contributed by atoms with Gasteiger partial charge in [0, 0.05) is 18.8 Å². The third-order valence-electron chi connectivity index (χ3n) is 2.27. The zero-order valence-corrected chi connectivity index (χ0v) is 7.78. The molecule has 0 aromatic rings. The molecular weight excluding hydrogens is 199 g/mol. The summed E-state index contributed by atoms with van der Waals surface area (Å²) in [6, 6.07) is 0. The number of rotatable bonds is 1. The van der Waals surface area contributed by atoms with E-state index in [2.05, 4.69) is 0 Å². The molecule has 1 heterocycles. The van der Waals surface area contributed by atoms with Crippen molar-refractivity contribution < 1.29 is 22.7 Å². The SMILES string of the molecule is CC1(NC(=O)C(F)(F)F)CCOCC1. The van der Waals surface area contributed by atoms with Gasteiger partial charge in [-0.2, -0.15) is 13.2 Å². The molecule has 0 aromatic carbocycles. The lowest BCUT2D eigenvalue weighted by Crippen LogP contribution is -2.53. The normalized spacial score (nSPS) is 21.7. The van der Waals surface area contributed by atoms with E-state index in [0.29, 0.717) is 26.1 Å². The fourth-order valence-corrected chi connectivity index (χ4v) is 1.29. The van der Waals surface area contributed by atoms with Gasteiger partial charge in [0.2, 0.25) is 0 Å². The number of hydrogen-bond donors (Lipinski definition) is 1.